The smallest absolute Gasteiger partial charge is 0.341 e. The van der Waals surface area contributed by atoms with E-state index in [1.54, 1.807) is 0 Å². The Bertz CT molecular complexity index is 575. The van der Waals surface area contributed by atoms with Crippen LogP contribution in [0.15, 0.2) is 0 Å². The SMILES string of the molecule is COC(=O)c1c(NC(=O)C[NH2+]C2CCCCCCC2)sc(C)c1C. The summed E-state index contributed by atoms with van der Waals surface area (Å²) in [6, 6.07) is 0.544. The number of aryl methyl sites for hydroxylation is 1. The highest BCUT2D eigenvalue weighted by Crippen LogP contribution is 2.32. The van der Waals surface area contributed by atoms with Crippen molar-refractivity contribution in [3.8, 4) is 0 Å². The molecule has 3 N–H and O–H groups in total. The van der Waals surface area contributed by atoms with Crippen LogP contribution >= 0.6 is 11.3 Å². The summed E-state index contributed by atoms with van der Waals surface area (Å²) in [6.07, 6.45) is 8.88. The Morgan fingerprint density at radius 1 is 1.17 bits per heavy atom. The largest absolute Gasteiger partial charge is 0.465 e. The van der Waals surface area contributed by atoms with Crippen molar-refractivity contribution < 1.29 is 19.6 Å². The van der Waals surface area contributed by atoms with Crippen molar-refractivity contribution in [3.05, 3.63) is 16.0 Å². The van der Waals surface area contributed by atoms with E-state index in [-0.39, 0.29) is 5.91 Å². The summed E-state index contributed by atoms with van der Waals surface area (Å²) in [7, 11) is 1.36. The van der Waals surface area contributed by atoms with E-state index >= 15 is 0 Å². The molecule has 1 heterocycles. The number of amides is 1. The van der Waals surface area contributed by atoms with Crippen LogP contribution in [-0.2, 0) is 9.53 Å². The predicted octanol–water partition coefficient (Wildman–Crippen LogP) is 2.77. The standard InChI is InChI=1S/C18H28N2O3S/c1-12-13(2)24-17(16(12)18(22)23-3)20-15(21)11-19-14-9-7-5-4-6-8-10-14/h14,19H,4-11H2,1-3H3,(H,20,21)/p+1. The Hall–Kier alpha value is -1.40. The third-order valence-electron chi connectivity index (χ3n) is 4.81. The Balaban J connectivity index is 1.92. The van der Waals surface area contributed by atoms with Crippen molar-refractivity contribution in [2.24, 2.45) is 0 Å². The molecule has 0 atom stereocenters. The van der Waals surface area contributed by atoms with Gasteiger partial charge in [0.2, 0.25) is 0 Å². The summed E-state index contributed by atoms with van der Waals surface area (Å²) < 4.78 is 4.84. The molecule has 1 aromatic heterocycles. The molecule has 0 unspecified atom stereocenters. The molecule has 0 aliphatic heterocycles. The number of methoxy groups -OCH3 is 1. The van der Waals surface area contributed by atoms with Crippen LogP contribution in [0.2, 0.25) is 0 Å². The molecule has 1 aliphatic rings. The van der Waals surface area contributed by atoms with E-state index < -0.39 is 5.97 Å². The van der Waals surface area contributed by atoms with E-state index in [0.29, 0.717) is 23.2 Å². The van der Waals surface area contributed by atoms with E-state index in [1.165, 1.54) is 63.4 Å². The van der Waals surface area contributed by atoms with Gasteiger partial charge in [0.1, 0.15) is 5.00 Å². The van der Waals surface area contributed by atoms with Crippen LogP contribution in [0, 0.1) is 13.8 Å². The maximum absolute atomic E-state index is 12.3. The molecule has 2 rings (SSSR count). The monoisotopic (exact) mass is 353 g/mol. The van der Waals surface area contributed by atoms with Crippen LogP contribution in [0.25, 0.3) is 0 Å². The zero-order valence-electron chi connectivity index (χ0n) is 14.9. The van der Waals surface area contributed by atoms with Gasteiger partial charge < -0.3 is 15.4 Å². The lowest BCUT2D eigenvalue weighted by molar-refractivity contribution is -0.680. The van der Waals surface area contributed by atoms with E-state index in [1.807, 2.05) is 13.8 Å². The van der Waals surface area contributed by atoms with E-state index in [0.717, 1.165) is 10.4 Å². The highest BCUT2D eigenvalue weighted by atomic mass is 32.1. The molecule has 5 nitrogen and oxygen atoms in total. The number of ether oxygens (including phenoxy) is 1. The van der Waals surface area contributed by atoms with Gasteiger partial charge in [0.25, 0.3) is 5.91 Å². The van der Waals surface area contributed by atoms with Gasteiger partial charge in [0, 0.05) is 4.88 Å². The third kappa shape index (κ3) is 5.05. The number of hydrogen-bond acceptors (Lipinski definition) is 4. The first-order valence-corrected chi connectivity index (χ1v) is 9.66. The summed E-state index contributed by atoms with van der Waals surface area (Å²) in [4.78, 5) is 25.3. The Morgan fingerprint density at radius 3 is 2.42 bits per heavy atom. The molecule has 1 fully saturated rings. The molecule has 0 radical (unpaired) electrons. The van der Waals surface area contributed by atoms with Gasteiger partial charge in [0.15, 0.2) is 6.54 Å². The number of rotatable bonds is 5. The number of carbonyl (C=O) groups is 2. The van der Waals surface area contributed by atoms with Gasteiger partial charge in [0.05, 0.1) is 18.7 Å². The molecule has 0 aromatic carbocycles. The zero-order valence-corrected chi connectivity index (χ0v) is 15.8. The maximum atomic E-state index is 12.3. The minimum Gasteiger partial charge on any atom is -0.465 e. The Kier molecular flexibility index (Phi) is 7.24. The normalized spacial score (nSPS) is 16.3. The number of esters is 1. The molecular weight excluding hydrogens is 324 g/mol. The maximum Gasteiger partial charge on any atom is 0.341 e. The van der Waals surface area contributed by atoms with E-state index in [9.17, 15) is 9.59 Å². The molecule has 24 heavy (non-hydrogen) atoms. The summed E-state index contributed by atoms with van der Waals surface area (Å²) in [5.74, 6) is -0.445. The van der Waals surface area contributed by atoms with Gasteiger partial charge in [-0.15, -0.1) is 11.3 Å². The first-order chi connectivity index (χ1) is 11.5. The van der Waals surface area contributed by atoms with Crippen molar-refractivity contribution in [3.63, 3.8) is 0 Å². The van der Waals surface area contributed by atoms with Crippen LogP contribution in [0.4, 0.5) is 5.00 Å². The van der Waals surface area contributed by atoms with Crippen molar-refractivity contribution in [2.45, 2.75) is 64.8 Å². The highest BCUT2D eigenvalue weighted by molar-refractivity contribution is 7.16. The molecule has 0 bridgehead atoms. The highest BCUT2D eigenvalue weighted by Gasteiger charge is 2.22. The average molecular weight is 354 g/mol. The number of nitrogens with two attached hydrogens (primary N) is 1. The average Bonchev–Trinajstić information content (AvgIpc) is 2.80. The second-order valence-corrected chi connectivity index (χ2v) is 7.80. The van der Waals surface area contributed by atoms with E-state index in [2.05, 4.69) is 10.6 Å². The second-order valence-electron chi connectivity index (χ2n) is 6.57. The fraction of sp³-hybridized carbons (Fsp3) is 0.667. The minimum atomic E-state index is -0.392. The number of nitrogens with one attached hydrogen (secondary N) is 1. The number of thiophene rings is 1. The van der Waals surface area contributed by atoms with Crippen molar-refractivity contribution in [1.82, 2.24) is 0 Å². The van der Waals surface area contributed by atoms with Crippen LogP contribution in [0.5, 0.6) is 0 Å². The summed E-state index contributed by atoms with van der Waals surface area (Å²) in [5, 5.41) is 5.67. The molecule has 1 amide bonds. The lowest BCUT2D eigenvalue weighted by Gasteiger charge is -2.18. The number of anilines is 1. The van der Waals surface area contributed by atoms with Gasteiger partial charge in [-0.05, 0) is 45.1 Å². The summed E-state index contributed by atoms with van der Waals surface area (Å²) in [5.41, 5.74) is 1.37. The number of carbonyl (C=O) groups excluding carboxylic acids is 2. The minimum absolute atomic E-state index is 0.0523. The molecular formula is C18H29N2O3S+. The quantitative estimate of drug-likeness (QED) is 0.800. The molecule has 1 saturated carbocycles. The topological polar surface area (TPSA) is 72.0 Å². The van der Waals surface area contributed by atoms with Crippen LogP contribution in [0.1, 0.15) is 65.7 Å². The fourth-order valence-electron chi connectivity index (χ4n) is 3.24. The van der Waals surface area contributed by atoms with E-state index in [4.69, 9.17) is 4.74 Å². The lowest BCUT2D eigenvalue weighted by atomic mass is 9.97. The molecule has 1 aliphatic carbocycles. The van der Waals surface area contributed by atoms with Crippen molar-refractivity contribution in [1.29, 1.82) is 0 Å². The van der Waals surface area contributed by atoms with Gasteiger partial charge in [-0.1, -0.05) is 19.3 Å². The van der Waals surface area contributed by atoms with Gasteiger partial charge in [-0.2, -0.15) is 0 Å². The van der Waals surface area contributed by atoms with Crippen molar-refractivity contribution in [2.75, 3.05) is 19.0 Å². The Labute approximate surface area is 148 Å². The first kappa shape index (κ1) is 18.9. The van der Waals surface area contributed by atoms with Crippen molar-refractivity contribution >= 4 is 28.2 Å². The molecule has 6 heteroatoms. The summed E-state index contributed by atoms with van der Waals surface area (Å²) >= 11 is 1.43. The number of quaternary nitrogens is 1. The van der Waals surface area contributed by atoms with Crippen LogP contribution in [0.3, 0.4) is 0 Å². The van der Waals surface area contributed by atoms with Crippen LogP contribution in [-0.4, -0.2) is 31.6 Å². The molecule has 0 saturated heterocycles. The molecule has 134 valence electrons. The third-order valence-corrected chi connectivity index (χ3v) is 5.94. The van der Waals surface area contributed by atoms with Gasteiger partial charge in [-0.25, -0.2) is 4.79 Å². The lowest BCUT2D eigenvalue weighted by Crippen LogP contribution is -2.91. The fourth-order valence-corrected chi connectivity index (χ4v) is 4.30. The number of hydrogen-bond donors (Lipinski definition) is 2. The summed E-state index contributed by atoms with van der Waals surface area (Å²) in [6.45, 7) is 4.23. The predicted molar refractivity (Wildman–Crippen MR) is 96.7 cm³/mol. The Morgan fingerprint density at radius 2 is 1.79 bits per heavy atom. The molecule has 1 aromatic rings. The molecule has 0 spiro atoms. The zero-order chi connectivity index (χ0) is 17.5. The van der Waals surface area contributed by atoms with Gasteiger partial charge >= 0.3 is 5.97 Å². The first-order valence-electron chi connectivity index (χ1n) is 8.84. The van der Waals surface area contributed by atoms with Crippen LogP contribution < -0.4 is 10.6 Å². The van der Waals surface area contributed by atoms with Gasteiger partial charge in [-0.3, -0.25) is 4.79 Å². The second kappa shape index (κ2) is 9.18.